The number of hydrogen-bond acceptors (Lipinski definition) is 2. The normalized spacial score (nSPS) is 11.5. The lowest BCUT2D eigenvalue weighted by molar-refractivity contribution is -0.137. The average Bonchev–Trinajstić information content (AvgIpc) is 3.03. The third-order valence-corrected chi connectivity index (χ3v) is 5.24. The van der Waals surface area contributed by atoms with Crippen molar-refractivity contribution in [2.24, 2.45) is 0 Å². The zero-order valence-corrected chi connectivity index (χ0v) is 16.9. The minimum absolute atomic E-state index is 0.113. The van der Waals surface area contributed by atoms with Crippen LogP contribution in [-0.4, -0.2) is 22.5 Å². The van der Waals surface area contributed by atoms with Crippen molar-refractivity contribution in [3.63, 3.8) is 0 Å². The number of anilines is 1. The first-order valence-electron chi connectivity index (χ1n) is 9.04. The molecule has 29 heavy (non-hydrogen) atoms. The molecule has 2 aromatic carbocycles. The summed E-state index contributed by atoms with van der Waals surface area (Å²) in [5.74, 6) is 0.450. The molecule has 0 bridgehead atoms. The van der Waals surface area contributed by atoms with Gasteiger partial charge >= 0.3 is 6.18 Å². The maximum atomic E-state index is 12.9. The first kappa shape index (κ1) is 21.0. The molecule has 0 saturated heterocycles. The monoisotopic (exact) mass is 418 g/mol. The van der Waals surface area contributed by atoms with E-state index in [0.29, 0.717) is 5.56 Å². The van der Waals surface area contributed by atoms with Gasteiger partial charge in [-0.3, -0.25) is 4.79 Å². The largest absolute Gasteiger partial charge is 0.416 e. The summed E-state index contributed by atoms with van der Waals surface area (Å²) < 4.78 is 40.9. The second kappa shape index (κ2) is 8.78. The number of nitrogens with one attached hydrogen (secondary N) is 1. The molecule has 0 aliphatic rings. The molecule has 1 aromatic heterocycles. The summed E-state index contributed by atoms with van der Waals surface area (Å²) in [6.45, 7) is 2.59. The van der Waals surface area contributed by atoms with Gasteiger partial charge in [0.1, 0.15) is 0 Å². The molecule has 3 aromatic rings. The molecule has 1 heterocycles. The summed E-state index contributed by atoms with van der Waals surface area (Å²) in [4.78, 5) is 12.9. The molecule has 0 radical (unpaired) electrons. The first-order valence-corrected chi connectivity index (χ1v) is 10.4. The van der Waals surface area contributed by atoms with E-state index in [1.165, 1.54) is 12.1 Å². The van der Waals surface area contributed by atoms with Crippen LogP contribution in [0.2, 0.25) is 0 Å². The van der Waals surface area contributed by atoms with Crippen molar-refractivity contribution in [2.75, 3.05) is 17.3 Å². The molecule has 3 nitrogen and oxygen atoms in total. The van der Waals surface area contributed by atoms with Crippen LogP contribution >= 0.6 is 11.8 Å². The zero-order valence-electron chi connectivity index (χ0n) is 16.1. The lowest BCUT2D eigenvalue weighted by Crippen LogP contribution is -2.14. The predicted molar refractivity (Wildman–Crippen MR) is 112 cm³/mol. The number of hydrogen-bond donors (Lipinski definition) is 1. The third kappa shape index (κ3) is 4.85. The van der Waals surface area contributed by atoms with E-state index >= 15 is 0 Å². The number of alkyl halides is 3. The minimum Gasteiger partial charge on any atom is -0.343 e. The van der Waals surface area contributed by atoms with Crippen LogP contribution < -0.4 is 5.32 Å². The highest BCUT2D eigenvalue weighted by molar-refractivity contribution is 7.98. The fourth-order valence-corrected chi connectivity index (χ4v) is 3.53. The van der Waals surface area contributed by atoms with Crippen LogP contribution in [0.4, 0.5) is 18.9 Å². The number of halogens is 3. The number of carbonyl (C=O) groups excluding carboxylic acids is 1. The molecule has 152 valence electrons. The lowest BCUT2D eigenvalue weighted by atomic mass is 10.1. The van der Waals surface area contributed by atoms with Crippen molar-refractivity contribution in [3.05, 3.63) is 77.5 Å². The quantitative estimate of drug-likeness (QED) is 0.525. The van der Waals surface area contributed by atoms with Crippen LogP contribution in [0.1, 0.15) is 21.6 Å². The van der Waals surface area contributed by atoms with Gasteiger partial charge in [-0.25, -0.2) is 0 Å². The molecule has 0 atom stereocenters. The Labute approximate surface area is 171 Å². The molecule has 0 fully saturated rings. The highest BCUT2D eigenvalue weighted by atomic mass is 32.2. The molecule has 0 aliphatic heterocycles. The van der Waals surface area contributed by atoms with E-state index in [2.05, 4.69) is 9.88 Å². The van der Waals surface area contributed by atoms with E-state index in [0.717, 1.165) is 41.4 Å². The van der Waals surface area contributed by atoms with Gasteiger partial charge in [0.2, 0.25) is 0 Å². The SMILES string of the molecule is CSCCn1c(-c2ccccc2)cc(C(=O)Nc2cccc(C(F)(F)F)c2)c1C. The molecule has 1 amide bonds. The Morgan fingerprint density at radius 3 is 2.45 bits per heavy atom. The van der Waals surface area contributed by atoms with Crippen LogP contribution in [-0.2, 0) is 12.7 Å². The van der Waals surface area contributed by atoms with Crippen molar-refractivity contribution in [1.29, 1.82) is 0 Å². The van der Waals surface area contributed by atoms with Gasteiger partial charge in [-0.15, -0.1) is 0 Å². The summed E-state index contributed by atoms with van der Waals surface area (Å²) in [6.07, 6.45) is -2.44. The van der Waals surface area contributed by atoms with E-state index in [-0.39, 0.29) is 5.69 Å². The van der Waals surface area contributed by atoms with E-state index in [1.807, 2.05) is 43.5 Å². The van der Waals surface area contributed by atoms with Gasteiger partial charge in [0, 0.05) is 29.4 Å². The Morgan fingerprint density at radius 2 is 1.79 bits per heavy atom. The summed E-state index contributed by atoms with van der Waals surface area (Å²) in [6, 6.07) is 16.2. The second-order valence-corrected chi connectivity index (χ2v) is 7.56. The molecule has 0 saturated carbocycles. The standard InChI is InChI=1S/C22H21F3N2OS/c1-15-19(21(28)26-18-10-6-9-17(13-18)22(23,24)25)14-20(27(15)11-12-29-2)16-7-4-3-5-8-16/h3-10,13-14H,11-12H2,1-2H3,(H,26,28). The van der Waals surface area contributed by atoms with Gasteiger partial charge in [-0.1, -0.05) is 36.4 Å². The van der Waals surface area contributed by atoms with E-state index in [1.54, 1.807) is 17.8 Å². The highest BCUT2D eigenvalue weighted by Gasteiger charge is 2.30. The third-order valence-electron chi connectivity index (χ3n) is 4.65. The number of aromatic nitrogens is 1. The Balaban J connectivity index is 1.94. The van der Waals surface area contributed by atoms with Gasteiger partial charge in [-0.2, -0.15) is 24.9 Å². The molecular formula is C22H21F3N2OS. The van der Waals surface area contributed by atoms with Gasteiger partial charge in [0.05, 0.1) is 11.1 Å². The van der Waals surface area contributed by atoms with Crippen LogP contribution in [0.3, 0.4) is 0 Å². The highest BCUT2D eigenvalue weighted by Crippen LogP contribution is 2.31. The molecular weight excluding hydrogens is 397 g/mol. The van der Waals surface area contributed by atoms with Gasteiger partial charge in [0.25, 0.3) is 5.91 Å². The number of amides is 1. The lowest BCUT2D eigenvalue weighted by Gasteiger charge is -2.12. The summed E-state index contributed by atoms with van der Waals surface area (Å²) in [7, 11) is 0. The topological polar surface area (TPSA) is 34.0 Å². The van der Waals surface area contributed by atoms with Gasteiger partial charge in [0.15, 0.2) is 0 Å². The Morgan fingerprint density at radius 1 is 1.07 bits per heavy atom. The van der Waals surface area contributed by atoms with Crippen LogP contribution in [0.15, 0.2) is 60.7 Å². The van der Waals surface area contributed by atoms with Crippen molar-refractivity contribution in [1.82, 2.24) is 4.57 Å². The molecule has 3 rings (SSSR count). The van der Waals surface area contributed by atoms with Crippen molar-refractivity contribution in [2.45, 2.75) is 19.6 Å². The Bertz CT molecular complexity index is 997. The fraction of sp³-hybridized carbons (Fsp3) is 0.227. The number of carbonyl (C=O) groups is 1. The van der Waals surface area contributed by atoms with Crippen molar-refractivity contribution < 1.29 is 18.0 Å². The average molecular weight is 418 g/mol. The van der Waals surface area contributed by atoms with Gasteiger partial charge in [-0.05, 0) is 43.0 Å². The molecule has 0 aliphatic carbocycles. The number of thioether (sulfide) groups is 1. The van der Waals surface area contributed by atoms with Crippen molar-refractivity contribution >= 4 is 23.4 Å². The molecule has 7 heteroatoms. The molecule has 0 spiro atoms. The van der Waals surface area contributed by atoms with Crippen LogP contribution in [0, 0.1) is 6.92 Å². The number of nitrogens with zero attached hydrogens (tertiary/aromatic N) is 1. The smallest absolute Gasteiger partial charge is 0.343 e. The summed E-state index contributed by atoms with van der Waals surface area (Å²) in [5.41, 5.74) is 2.43. The van der Waals surface area contributed by atoms with Crippen molar-refractivity contribution in [3.8, 4) is 11.3 Å². The van der Waals surface area contributed by atoms with E-state index < -0.39 is 17.6 Å². The minimum atomic E-state index is -4.46. The number of rotatable bonds is 6. The first-order chi connectivity index (χ1) is 13.8. The Hall–Kier alpha value is -2.67. The molecule has 0 unspecified atom stereocenters. The maximum absolute atomic E-state index is 12.9. The number of benzene rings is 2. The van der Waals surface area contributed by atoms with Gasteiger partial charge < -0.3 is 9.88 Å². The summed E-state index contributed by atoms with van der Waals surface area (Å²) >= 11 is 1.71. The zero-order chi connectivity index (χ0) is 21.0. The summed E-state index contributed by atoms with van der Waals surface area (Å²) in [5, 5.41) is 2.60. The second-order valence-electron chi connectivity index (χ2n) is 6.57. The predicted octanol–water partition coefficient (Wildman–Crippen LogP) is 6.10. The van der Waals surface area contributed by atoms with Crippen LogP contribution in [0.5, 0.6) is 0 Å². The fourth-order valence-electron chi connectivity index (χ4n) is 3.17. The molecule has 1 N–H and O–H groups in total. The van der Waals surface area contributed by atoms with E-state index in [9.17, 15) is 18.0 Å². The van der Waals surface area contributed by atoms with Crippen LogP contribution in [0.25, 0.3) is 11.3 Å². The Kier molecular flexibility index (Phi) is 6.37. The maximum Gasteiger partial charge on any atom is 0.416 e. The van der Waals surface area contributed by atoms with E-state index in [4.69, 9.17) is 0 Å².